The lowest BCUT2D eigenvalue weighted by Gasteiger charge is -1.87. The average Bonchev–Trinajstić information content (AvgIpc) is 2.97. The maximum Gasteiger partial charge on any atom is 0.310 e. The molecule has 0 rings (SSSR count). The number of carboxylic acids is 1. The van der Waals surface area contributed by atoms with Crippen LogP contribution in [0.5, 0.6) is 0 Å². The van der Waals surface area contributed by atoms with Crippen LogP contribution in [-0.2, 0) is 134 Å². The quantitative estimate of drug-likeness (QED) is 0.201. The van der Waals surface area contributed by atoms with Gasteiger partial charge in [-0.15, -0.1) is 0 Å². The van der Waals surface area contributed by atoms with Crippen molar-refractivity contribution in [1.29, 1.82) is 0 Å². The SMILES string of the molecule is CC(=O)O.CC(=O)OC(C)=O.CC(=O)OC(C)=O.CC(=O)OC(C)=O.CC(=O)OC(C)=O.CC(=O)OC(C)=O.CC(=O)OC(C)=O.CC(=O)OC(C)=O.CC(=O)OC(C)=O.CC(=O)OC(C)=O. The van der Waals surface area contributed by atoms with Crippen molar-refractivity contribution in [1.82, 2.24) is 0 Å². The minimum absolute atomic E-state index is 0.562. The highest BCUT2D eigenvalue weighted by atomic mass is 16.6. The van der Waals surface area contributed by atoms with E-state index in [4.69, 9.17) is 9.90 Å². The molecule has 0 saturated heterocycles. The normalized spacial score (nSPS) is 7.63. The fourth-order valence-corrected chi connectivity index (χ4v) is 1.82. The van der Waals surface area contributed by atoms with Crippen molar-refractivity contribution >= 4 is 113 Å². The van der Waals surface area contributed by atoms with Gasteiger partial charge in [0.25, 0.3) is 5.97 Å². The van der Waals surface area contributed by atoms with E-state index in [2.05, 4.69) is 42.6 Å². The van der Waals surface area contributed by atoms with E-state index >= 15 is 0 Å². The third kappa shape index (κ3) is 233. The largest absolute Gasteiger partial charge is 0.481 e. The molecule has 0 radical (unpaired) electrons. The van der Waals surface area contributed by atoms with Gasteiger partial charge in [0.15, 0.2) is 0 Å². The number of carbonyl (C=O) groups is 19. The van der Waals surface area contributed by atoms with Gasteiger partial charge in [-0.05, 0) is 0 Å². The van der Waals surface area contributed by atoms with E-state index in [-0.39, 0.29) is 0 Å². The first-order valence-corrected chi connectivity index (χ1v) is 17.3. The zero-order valence-corrected chi connectivity index (χ0v) is 40.4. The van der Waals surface area contributed by atoms with Gasteiger partial charge in [0.05, 0.1) is 0 Å². The Morgan fingerprint density at radius 2 is 0.194 bits per heavy atom. The van der Waals surface area contributed by atoms with Gasteiger partial charge in [-0.1, -0.05) is 0 Å². The number of hydrogen-bond donors (Lipinski definition) is 1. The maximum atomic E-state index is 9.81. The summed E-state index contributed by atoms with van der Waals surface area (Å²) in [4.78, 5) is 186. The van der Waals surface area contributed by atoms with Gasteiger partial charge in [-0.25, -0.2) is 0 Å². The number of aliphatic carboxylic acids is 1. The van der Waals surface area contributed by atoms with E-state index < -0.39 is 113 Å². The zero-order chi connectivity index (χ0) is 56.3. The summed E-state index contributed by atoms with van der Waals surface area (Å²) in [5, 5.41) is 7.42. The highest BCUT2D eigenvalue weighted by molar-refractivity contribution is 5.86. The Hall–Kier alpha value is -8.27. The molecule has 29 nitrogen and oxygen atoms in total. The summed E-state index contributed by atoms with van der Waals surface area (Å²) >= 11 is 0. The number of rotatable bonds is 0. The van der Waals surface area contributed by atoms with Crippen LogP contribution in [0.15, 0.2) is 0 Å². The van der Waals surface area contributed by atoms with E-state index in [0.29, 0.717) is 0 Å². The van der Waals surface area contributed by atoms with Crippen LogP contribution >= 0.6 is 0 Å². The lowest BCUT2D eigenvalue weighted by molar-refractivity contribution is -0.158. The van der Waals surface area contributed by atoms with Crippen molar-refractivity contribution in [2.45, 2.75) is 132 Å². The molecule has 0 aliphatic rings. The first-order valence-electron chi connectivity index (χ1n) is 17.3. The summed E-state index contributed by atoms with van der Waals surface area (Å²) in [5.74, 6) is -11.0. The summed E-state index contributed by atoms with van der Waals surface area (Å²) in [5.41, 5.74) is 0. The molecule has 0 spiro atoms. The Bertz CT molecular complexity index is 1220. The standard InChI is InChI=1S/9C4H6O3.C2H4O2/c9*1-3(5)7-4(2)6;1-2(3)4/h9*1-2H3;1H3,(H,3,4). The number of ether oxygens (including phenoxy) is 9. The Morgan fingerprint density at radius 3 is 0.194 bits per heavy atom. The minimum atomic E-state index is -0.833. The molecule has 67 heavy (non-hydrogen) atoms. The summed E-state index contributed by atoms with van der Waals surface area (Å²) in [6.07, 6.45) is 0. The number of hydrogen-bond acceptors (Lipinski definition) is 28. The second-order valence-electron chi connectivity index (χ2n) is 10.3. The molecule has 0 saturated carbocycles. The predicted octanol–water partition coefficient (Wildman–Crippen LogP) is 0.955. The van der Waals surface area contributed by atoms with Crippen LogP contribution in [0.3, 0.4) is 0 Å². The molecule has 0 aromatic carbocycles. The molecule has 0 bridgehead atoms. The monoisotopic (exact) mass is 978 g/mol. The van der Waals surface area contributed by atoms with Crippen LogP contribution in [0, 0.1) is 0 Å². The topological polar surface area (TPSA) is 428 Å². The Kier molecular flexibility index (Phi) is 68.6. The Balaban J connectivity index is -0.0000000675. The lowest BCUT2D eigenvalue weighted by Crippen LogP contribution is -2.03. The van der Waals surface area contributed by atoms with E-state index in [1.54, 1.807) is 0 Å². The fourth-order valence-electron chi connectivity index (χ4n) is 1.82. The molecule has 0 unspecified atom stereocenters. The molecule has 0 aliphatic carbocycles. The van der Waals surface area contributed by atoms with Crippen LogP contribution in [0.25, 0.3) is 0 Å². The number of esters is 18. The van der Waals surface area contributed by atoms with Gasteiger partial charge in [0, 0.05) is 132 Å². The second-order valence-corrected chi connectivity index (χ2v) is 10.3. The van der Waals surface area contributed by atoms with E-state index in [1.807, 2.05) is 0 Å². The Morgan fingerprint density at radius 1 is 0.164 bits per heavy atom. The fraction of sp³-hybridized carbons (Fsp3) is 0.500. The molecule has 29 heteroatoms. The molecule has 0 aromatic rings. The smallest absolute Gasteiger partial charge is 0.310 e. The number of carbonyl (C=O) groups excluding carboxylic acids is 18. The molecule has 1 N–H and O–H groups in total. The van der Waals surface area contributed by atoms with Crippen LogP contribution in [0.2, 0.25) is 0 Å². The predicted molar refractivity (Wildman–Crippen MR) is 215 cm³/mol. The van der Waals surface area contributed by atoms with Crippen LogP contribution in [0.1, 0.15) is 132 Å². The van der Waals surface area contributed by atoms with Crippen molar-refractivity contribution in [3.8, 4) is 0 Å². The van der Waals surface area contributed by atoms with Crippen molar-refractivity contribution in [3.63, 3.8) is 0 Å². The second kappa shape index (κ2) is 55.7. The molecular weight excluding hydrogens is 920 g/mol. The highest BCUT2D eigenvalue weighted by Crippen LogP contribution is 1.78. The highest BCUT2D eigenvalue weighted by Gasteiger charge is 1.98. The number of carboxylic acid groups (broad SMARTS) is 1. The third-order valence-corrected chi connectivity index (χ3v) is 2.59. The maximum absolute atomic E-state index is 9.81. The summed E-state index contributed by atoms with van der Waals surface area (Å²) < 4.78 is 35.8. The molecule has 0 amide bonds. The third-order valence-electron chi connectivity index (χ3n) is 2.59. The first-order chi connectivity index (χ1) is 29.9. The molecule has 384 valence electrons. The summed E-state index contributed by atoms with van der Waals surface area (Å²) in [6, 6.07) is 0. The van der Waals surface area contributed by atoms with Crippen LogP contribution < -0.4 is 0 Å². The van der Waals surface area contributed by atoms with E-state index in [0.717, 1.165) is 6.92 Å². The average molecular weight is 979 g/mol. The van der Waals surface area contributed by atoms with Crippen molar-refractivity contribution in [2.75, 3.05) is 0 Å². The van der Waals surface area contributed by atoms with Crippen molar-refractivity contribution in [3.05, 3.63) is 0 Å². The molecular formula is C38H58O29. The van der Waals surface area contributed by atoms with Gasteiger partial charge in [0.1, 0.15) is 0 Å². The van der Waals surface area contributed by atoms with Gasteiger partial charge < -0.3 is 47.7 Å². The molecule has 0 aliphatic heterocycles. The van der Waals surface area contributed by atoms with E-state index in [9.17, 15) is 86.3 Å². The van der Waals surface area contributed by atoms with Crippen molar-refractivity contribution < 1.29 is 139 Å². The van der Waals surface area contributed by atoms with Crippen molar-refractivity contribution in [2.24, 2.45) is 0 Å². The van der Waals surface area contributed by atoms with Crippen LogP contribution in [0.4, 0.5) is 0 Å². The minimum Gasteiger partial charge on any atom is -0.481 e. The van der Waals surface area contributed by atoms with Gasteiger partial charge in [-0.2, -0.15) is 0 Å². The van der Waals surface area contributed by atoms with E-state index in [1.165, 1.54) is 125 Å². The summed E-state index contributed by atoms with van der Waals surface area (Å²) in [7, 11) is 0. The lowest BCUT2D eigenvalue weighted by atomic mass is 10.7. The summed E-state index contributed by atoms with van der Waals surface area (Å²) in [6.45, 7) is 22.4. The zero-order valence-electron chi connectivity index (χ0n) is 40.4. The molecule has 0 atom stereocenters. The molecule has 0 fully saturated rings. The Labute approximate surface area is 383 Å². The molecule has 0 heterocycles. The van der Waals surface area contributed by atoms with Gasteiger partial charge in [-0.3, -0.25) is 91.1 Å². The van der Waals surface area contributed by atoms with Gasteiger partial charge in [0.2, 0.25) is 0 Å². The first kappa shape index (κ1) is 82.4. The van der Waals surface area contributed by atoms with Gasteiger partial charge >= 0.3 is 107 Å². The molecule has 0 aromatic heterocycles. The van der Waals surface area contributed by atoms with Crippen LogP contribution in [-0.4, -0.2) is 119 Å².